The lowest BCUT2D eigenvalue weighted by molar-refractivity contribution is 0.101. The minimum absolute atomic E-state index is 0.216. The first-order valence-electron chi connectivity index (χ1n) is 31.1. The molecule has 6 aromatic carbocycles. The van der Waals surface area contributed by atoms with Gasteiger partial charge in [-0.05, 0) is 207 Å². The first-order chi connectivity index (χ1) is 47.7. The average molecular weight is 1580 g/mol. The quantitative estimate of drug-likeness (QED) is 0.0351. The molecule has 504 valence electrons. The number of aromatic nitrogens is 3. The Labute approximate surface area is 611 Å². The van der Waals surface area contributed by atoms with Gasteiger partial charge in [0.1, 0.15) is 35.0 Å². The maximum absolute atomic E-state index is 12.9. The van der Waals surface area contributed by atoms with E-state index >= 15 is 0 Å². The van der Waals surface area contributed by atoms with Crippen LogP contribution in [-0.2, 0) is 0 Å². The second-order valence-corrected chi connectivity index (χ2v) is 26.7. The maximum atomic E-state index is 12.9. The highest BCUT2D eigenvalue weighted by Gasteiger charge is 2.23. The summed E-state index contributed by atoms with van der Waals surface area (Å²) in [6.45, 7) is 5.20. The minimum atomic E-state index is -0.447. The first kappa shape index (κ1) is 72.1. The Hall–Kier alpha value is -9.69. The second kappa shape index (κ2) is 34.2. The van der Waals surface area contributed by atoms with Gasteiger partial charge in [0.15, 0.2) is 0 Å². The molecule has 0 aliphatic carbocycles. The van der Waals surface area contributed by atoms with Crippen molar-refractivity contribution in [2.75, 3.05) is 78.2 Å². The number of likely N-dealkylation sites (tertiary alicyclic amines) is 2. The number of piperidine rings is 1. The number of benzene rings is 6. The third-order valence-electron chi connectivity index (χ3n) is 15.7. The summed E-state index contributed by atoms with van der Waals surface area (Å²) >= 11 is 28.2. The summed E-state index contributed by atoms with van der Waals surface area (Å²) in [5.74, 6) is 0.584. The molecule has 3 aliphatic heterocycles. The highest BCUT2D eigenvalue weighted by molar-refractivity contribution is 9.11. The Balaban J connectivity index is 0.000000161. The SMILES string of the molecule is CN1CCN=C1c1ccc(C(=O)Nc2ccc(Cl)cc2C(=O)Nc2ccc(Br)cn2)cc1.N=C(c1ccc(C(=O)Nc2ccc(Cl)cc2C(=O)Nc2ccc(Br)cn2)cc1)N1CCCC1.N=C(c1ccc(C(=O)Nc2ccc(Cl)cc2C(=O)Nc2ccc(Br)cn2)cc1)N1CCCCC1. The summed E-state index contributed by atoms with van der Waals surface area (Å²) < 4.78 is 2.37. The number of aliphatic imine (C=N–C) groups is 1. The summed E-state index contributed by atoms with van der Waals surface area (Å²) in [6, 6.07) is 45.4. The van der Waals surface area contributed by atoms with Crippen LogP contribution in [0.1, 0.15) is 111 Å². The number of halogens is 6. The van der Waals surface area contributed by atoms with Gasteiger partial charge in [-0.2, -0.15) is 0 Å². The Morgan fingerprint density at radius 2 is 0.697 bits per heavy atom. The molecule has 0 saturated carbocycles. The van der Waals surface area contributed by atoms with Crippen molar-refractivity contribution in [3.05, 3.63) is 261 Å². The summed E-state index contributed by atoms with van der Waals surface area (Å²) in [7, 11) is 1.99. The van der Waals surface area contributed by atoms with E-state index in [1.54, 1.807) is 152 Å². The fraction of sp³-hybridized carbons (Fsp3) is 0.167. The highest BCUT2D eigenvalue weighted by Crippen LogP contribution is 2.28. The molecule has 99 heavy (non-hydrogen) atoms. The number of nitrogens with one attached hydrogen (secondary N) is 8. The van der Waals surface area contributed by atoms with Gasteiger partial charge in [-0.15, -0.1) is 0 Å². The van der Waals surface area contributed by atoms with E-state index < -0.39 is 17.7 Å². The lowest BCUT2D eigenvalue weighted by Gasteiger charge is -2.29. The average Bonchev–Trinajstić information content (AvgIpc) is 1.81. The van der Waals surface area contributed by atoms with E-state index in [-0.39, 0.29) is 34.4 Å². The monoisotopic (exact) mass is 1580 g/mol. The zero-order valence-corrected chi connectivity index (χ0v) is 60.0. The van der Waals surface area contributed by atoms with Crippen LogP contribution in [0.3, 0.4) is 0 Å². The number of nitrogens with zero attached hydrogens (tertiary/aromatic N) is 7. The van der Waals surface area contributed by atoms with Gasteiger partial charge in [0.25, 0.3) is 35.4 Å². The van der Waals surface area contributed by atoms with Crippen LogP contribution >= 0.6 is 82.6 Å². The van der Waals surface area contributed by atoms with E-state index in [0.717, 1.165) is 101 Å². The van der Waals surface area contributed by atoms with Gasteiger partial charge in [0, 0.05) is 120 Å². The number of likely N-dealkylation sites (N-methyl/N-ethyl adjacent to an activating group) is 1. The summed E-state index contributed by atoms with van der Waals surface area (Å²) in [6.07, 6.45) is 10.3. The zero-order valence-electron chi connectivity index (χ0n) is 52.9. The Bertz CT molecular complexity index is 4510. The van der Waals surface area contributed by atoms with Crippen LogP contribution < -0.4 is 31.9 Å². The number of rotatable bonds is 15. The van der Waals surface area contributed by atoms with Crippen LogP contribution in [0.2, 0.25) is 15.1 Å². The van der Waals surface area contributed by atoms with Gasteiger partial charge in [0.2, 0.25) is 0 Å². The number of pyridine rings is 3. The van der Waals surface area contributed by atoms with Gasteiger partial charge in [-0.25, -0.2) is 15.0 Å². The Morgan fingerprint density at radius 1 is 0.384 bits per heavy atom. The first-order valence-corrected chi connectivity index (χ1v) is 34.6. The molecule has 0 atom stereocenters. The molecule has 6 heterocycles. The van der Waals surface area contributed by atoms with Gasteiger partial charge in [-0.1, -0.05) is 71.2 Å². The molecule has 0 spiro atoms. The Morgan fingerprint density at radius 3 is 1.00 bits per heavy atom. The van der Waals surface area contributed by atoms with Crippen molar-refractivity contribution in [2.45, 2.75) is 32.1 Å². The molecular formula is C72H63Br3Cl3N15O6. The van der Waals surface area contributed by atoms with Crippen molar-refractivity contribution in [3.8, 4) is 0 Å². The van der Waals surface area contributed by atoms with Gasteiger partial charge in [-0.3, -0.25) is 44.6 Å². The van der Waals surface area contributed by atoms with E-state index in [4.69, 9.17) is 45.6 Å². The minimum Gasteiger partial charge on any atom is -0.358 e. The van der Waals surface area contributed by atoms with Gasteiger partial charge >= 0.3 is 0 Å². The van der Waals surface area contributed by atoms with Crippen molar-refractivity contribution in [2.24, 2.45) is 4.99 Å². The van der Waals surface area contributed by atoms with Crippen LogP contribution in [0.25, 0.3) is 0 Å². The molecular weight excluding hydrogens is 1520 g/mol. The molecule has 6 amide bonds. The van der Waals surface area contributed by atoms with Crippen LogP contribution in [0.5, 0.6) is 0 Å². The molecule has 2 saturated heterocycles. The highest BCUT2D eigenvalue weighted by atomic mass is 79.9. The van der Waals surface area contributed by atoms with E-state index in [1.807, 2.05) is 24.1 Å². The molecule has 21 nitrogen and oxygen atoms in total. The third-order valence-corrected chi connectivity index (χ3v) is 17.8. The van der Waals surface area contributed by atoms with Gasteiger partial charge < -0.3 is 46.6 Å². The van der Waals surface area contributed by atoms with Crippen molar-refractivity contribution in [1.29, 1.82) is 10.8 Å². The third kappa shape index (κ3) is 19.8. The number of anilines is 6. The van der Waals surface area contributed by atoms with E-state index in [9.17, 15) is 28.8 Å². The number of hydrogen-bond donors (Lipinski definition) is 8. The molecule has 3 aromatic heterocycles. The molecule has 27 heteroatoms. The number of amidine groups is 3. The van der Waals surface area contributed by atoms with E-state index in [2.05, 4.69) is 109 Å². The van der Waals surface area contributed by atoms with Crippen LogP contribution in [-0.4, -0.2) is 129 Å². The predicted octanol–water partition coefficient (Wildman–Crippen LogP) is 15.9. The topological polar surface area (TPSA) is 283 Å². The van der Waals surface area contributed by atoms with Crippen molar-refractivity contribution in [3.63, 3.8) is 0 Å². The lowest BCUT2D eigenvalue weighted by atomic mass is 10.1. The molecule has 9 aromatic rings. The zero-order chi connectivity index (χ0) is 70.1. The standard InChI is InChI=1S/C25H23BrClN5O2.C24H21BrClN5O2.C23H19BrClN5O2/c26-18-8-11-22(29-15-18)31-25(34)20-14-19(27)9-10-21(20)30-24(33)17-6-4-16(5-7-17)23(28)32-12-2-1-3-13-32;25-17-7-10-21(28-14-17)30-24(33)19-13-18(26)8-9-20(19)29-23(32)16-5-3-15(4-6-16)22(27)31-11-1-2-12-31;1-30-11-10-26-21(30)14-2-4-15(5-3-14)22(31)28-19-8-7-17(25)12-18(19)23(32)29-20-9-6-16(24)13-27-20/h4-11,14-15,28H,1-3,12-13H2,(H,30,33)(H,29,31,34);3-10,13-14,27H,1-2,11-12H2,(H,29,32)(H,28,30,33);2-9,12-13H,10-11H2,1H3,(H,28,31)(H,27,29,32). The van der Waals surface area contributed by atoms with E-state index in [0.29, 0.717) is 77.9 Å². The second-order valence-electron chi connectivity index (χ2n) is 22.7. The Kier molecular flexibility index (Phi) is 24.9. The number of carbonyl (C=O) groups excluding carboxylic acids is 6. The fourth-order valence-electron chi connectivity index (χ4n) is 10.5. The molecule has 0 bridgehead atoms. The summed E-state index contributed by atoms with van der Waals surface area (Å²) in [4.78, 5) is 100. The number of hydrogen-bond acceptors (Lipinski definition) is 13. The smallest absolute Gasteiger partial charge is 0.258 e. The van der Waals surface area contributed by atoms with Crippen molar-refractivity contribution >= 4 is 170 Å². The van der Waals surface area contributed by atoms with Crippen molar-refractivity contribution < 1.29 is 28.8 Å². The lowest BCUT2D eigenvalue weighted by Crippen LogP contribution is -2.35. The molecule has 0 radical (unpaired) electrons. The number of carbonyl (C=O) groups is 6. The van der Waals surface area contributed by atoms with Crippen LogP contribution in [0.4, 0.5) is 34.5 Å². The molecule has 0 unspecified atom stereocenters. The van der Waals surface area contributed by atoms with Crippen LogP contribution in [0.15, 0.2) is 201 Å². The van der Waals surface area contributed by atoms with Crippen LogP contribution in [0, 0.1) is 10.8 Å². The molecule has 8 N–H and O–H groups in total. The van der Waals surface area contributed by atoms with Gasteiger partial charge in [0.05, 0.1) is 40.3 Å². The number of amides is 6. The molecule has 3 aliphatic rings. The summed E-state index contributed by atoms with van der Waals surface area (Å²) in [5, 5.41) is 34.4. The largest absolute Gasteiger partial charge is 0.358 e. The fourth-order valence-corrected chi connectivity index (χ4v) is 11.7. The molecule has 2 fully saturated rings. The van der Waals surface area contributed by atoms with Crippen molar-refractivity contribution in [1.82, 2.24) is 29.7 Å². The normalized spacial score (nSPS) is 13.1. The van der Waals surface area contributed by atoms with E-state index in [1.165, 1.54) is 24.6 Å². The molecule has 12 rings (SSSR count). The summed E-state index contributed by atoms with van der Waals surface area (Å²) in [5.41, 5.74) is 5.46. The predicted molar refractivity (Wildman–Crippen MR) is 401 cm³/mol. The maximum Gasteiger partial charge on any atom is 0.258 e.